The SMILES string of the molecule is O=C(OC(C(=O)Nc1ccc(Cl)cc1C(F)(F)F)c1ccccc1)C1CC1. The molecule has 1 aliphatic rings. The first-order valence-corrected chi connectivity index (χ1v) is 8.56. The summed E-state index contributed by atoms with van der Waals surface area (Å²) in [7, 11) is 0. The number of carbonyl (C=O) groups is 2. The van der Waals surface area contributed by atoms with Gasteiger partial charge in [-0.1, -0.05) is 41.9 Å². The summed E-state index contributed by atoms with van der Waals surface area (Å²) in [6.07, 6.45) is -4.70. The molecule has 2 aromatic rings. The molecular weight excluding hydrogens is 383 g/mol. The van der Waals surface area contributed by atoms with Crippen LogP contribution in [0.2, 0.25) is 5.02 Å². The average molecular weight is 398 g/mol. The van der Waals surface area contributed by atoms with Crippen molar-refractivity contribution in [1.29, 1.82) is 0 Å². The largest absolute Gasteiger partial charge is 0.447 e. The zero-order valence-electron chi connectivity index (χ0n) is 13.9. The van der Waals surface area contributed by atoms with Gasteiger partial charge in [0.2, 0.25) is 6.10 Å². The maximum absolute atomic E-state index is 13.2. The fourth-order valence-electron chi connectivity index (χ4n) is 2.49. The number of carbonyl (C=O) groups excluding carboxylic acids is 2. The van der Waals surface area contributed by atoms with E-state index in [2.05, 4.69) is 5.32 Å². The molecule has 1 amide bonds. The van der Waals surface area contributed by atoms with Crippen molar-refractivity contribution in [2.45, 2.75) is 25.1 Å². The molecule has 0 heterocycles. The summed E-state index contributed by atoms with van der Waals surface area (Å²) in [5, 5.41) is 2.10. The maximum atomic E-state index is 13.2. The van der Waals surface area contributed by atoms with Crippen molar-refractivity contribution >= 4 is 29.2 Å². The highest BCUT2D eigenvalue weighted by molar-refractivity contribution is 6.30. The zero-order valence-corrected chi connectivity index (χ0v) is 14.7. The molecule has 1 aliphatic carbocycles. The maximum Gasteiger partial charge on any atom is 0.418 e. The third-order valence-corrected chi connectivity index (χ3v) is 4.27. The fraction of sp³-hybridized carbons (Fsp3) is 0.263. The first-order chi connectivity index (χ1) is 12.8. The molecule has 0 saturated heterocycles. The monoisotopic (exact) mass is 397 g/mol. The number of nitrogens with one attached hydrogen (secondary N) is 1. The molecule has 27 heavy (non-hydrogen) atoms. The number of benzene rings is 2. The normalized spacial score (nSPS) is 15.1. The van der Waals surface area contributed by atoms with Gasteiger partial charge in [-0.05, 0) is 31.0 Å². The van der Waals surface area contributed by atoms with E-state index in [0.717, 1.165) is 12.1 Å². The van der Waals surface area contributed by atoms with Crippen LogP contribution in [0.5, 0.6) is 0 Å². The van der Waals surface area contributed by atoms with E-state index in [4.69, 9.17) is 16.3 Å². The molecule has 2 aromatic carbocycles. The minimum atomic E-state index is -4.71. The summed E-state index contributed by atoms with van der Waals surface area (Å²) in [6, 6.07) is 11.2. The van der Waals surface area contributed by atoms with Crippen LogP contribution < -0.4 is 5.32 Å². The molecule has 1 atom stereocenters. The smallest absolute Gasteiger partial charge is 0.418 e. The third-order valence-electron chi connectivity index (χ3n) is 4.03. The minimum absolute atomic E-state index is 0.111. The van der Waals surface area contributed by atoms with Crippen LogP contribution in [0.3, 0.4) is 0 Å². The molecule has 1 fully saturated rings. The zero-order chi connectivity index (χ0) is 19.6. The third kappa shape index (κ3) is 4.80. The number of hydrogen-bond donors (Lipinski definition) is 1. The molecular formula is C19H15ClF3NO3. The predicted molar refractivity (Wildman–Crippen MR) is 93.1 cm³/mol. The number of halogens is 4. The molecule has 142 valence electrons. The molecule has 4 nitrogen and oxygen atoms in total. The summed E-state index contributed by atoms with van der Waals surface area (Å²) in [5.41, 5.74) is -1.17. The summed E-state index contributed by atoms with van der Waals surface area (Å²) >= 11 is 5.65. The van der Waals surface area contributed by atoms with Gasteiger partial charge in [-0.3, -0.25) is 9.59 Å². The van der Waals surface area contributed by atoms with Crippen LogP contribution in [-0.2, 0) is 20.5 Å². The Kier molecular flexibility index (Phi) is 5.41. The second-order valence-corrected chi connectivity index (χ2v) is 6.62. The lowest BCUT2D eigenvalue weighted by Crippen LogP contribution is -2.27. The van der Waals surface area contributed by atoms with Crippen molar-refractivity contribution < 1.29 is 27.5 Å². The fourth-order valence-corrected chi connectivity index (χ4v) is 2.66. The number of hydrogen-bond acceptors (Lipinski definition) is 3. The van der Waals surface area contributed by atoms with Crippen LogP contribution in [0, 0.1) is 5.92 Å². The average Bonchev–Trinajstić information content (AvgIpc) is 3.46. The Morgan fingerprint density at radius 1 is 1.11 bits per heavy atom. The van der Waals surface area contributed by atoms with E-state index in [1.807, 2.05) is 0 Å². The minimum Gasteiger partial charge on any atom is -0.447 e. The Labute approximate surface area is 158 Å². The predicted octanol–water partition coefficient (Wildman–Crippen LogP) is 4.99. The van der Waals surface area contributed by atoms with Crippen LogP contribution in [0.1, 0.15) is 30.1 Å². The second-order valence-electron chi connectivity index (χ2n) is 6.18. The Hall–Kier alpha value is -2.54. The second kappa shape index (κ2) is 7.60. The lowest BCUT2D eigenvalue weighted by Gasteiger charge is -2.20. The van der Waals surface area contributed by atoms with Gasteiger partial charge in [-0.25, -0.2) is 0 Å². The van der Waals surface area contributed by atoms with Gasteiger partial charge in [-0.2, -0.15) is 13.2 Å². The van der Waals surface area contributed by atoms with Crippen LogP contribution in [0.25, 0.3) is 0 Å². The van der Waals surface area contributed by atoms with Crippen molar-refractivity contribution in [2.75, 3.05) is 5.32 Å². The van der Waals surface area contributed by atoms with Gasteiger partial charge < -0.3 is 10.1 Å². The highest BCUT2D eigenvalue weighted by Crippen LogP contribution is 2.37. The first-order valence-electron chi connectivity index (χ1n) is 8.19. The molecule has 0 radical (unpaired) electrons. The van der Waals surface area contributed by atoms with E-state index in [1.54, 1.807) is 30.3 Å². The molecule has 1 N–H and O–H groups in total. The van der Waals surface area contributed by atoms with Crippen LogP contribution in [-0.4, -0.2) is 11.9 Å². The lowest BCUT2D eigenvalue weighted by molar-refractivity contribution is -0.156. The molecule has 0 spiro atoms. The van der Waals surface area contributed by atoms with Gasteiger partial charge in [0.25, 0.3) is 5.91 Å². The van der Waals surface area contributed by atoms with Gasteiger partial charge in [0.05, 0.1) is 17.2 Å². The standard InChI is InChI=1S/C19H15ClF3NO3/c20-13-8-9-15(14(10-13)19(21,22)23)24-17(25)16(11-4-2-1-3-5-11)27-18(26)12-6-7-12/h1-5,8-10,12,16H,6-7H2,(H,24,25). The molecule has 0 aliphatic heterocycles. The summed E-state index contributed by atoms with van der Waals surface area (Å²) in [6.45, 7) is 0. The highest BCUT2D eigenvalue weighted by atomic mass is 35.5. The Morgan fingerprint density at radius 3 is 2.37 bits per heavy atom. The quantitative estimate of drug-likeness (QED) is 0.723. The number of amides is 1. The van der Waals surface area contributed by atoms with E-state index in [0.29, 0.717) is 18.4 Å². The molecule has 0 aromatic heterocycles. The van der Waals surface area contributed by atoms with E-state index in [1.165, 1.54) is 6.07 Å². The summed E-state index contributed by atoms with van der Waals surface area (Å²) in [4.78, 5) is 24.7. The number of alkyl halides is 3. The molecule has 3 rings (SSSR count). The van der Waals surface area contributed by atoms with Crippen molar-refractivity contribution in [3.05, 3.63) is 64.7 Å². The first kappa shape index (κ1) is 19.2. The Morgan fingerprint density at radius 2 is 1.78 bits per heavy atom. The lowest BCUT2D eigenvalue weighted by atomic mass is 10.1. The van der Waals surface area contributed by atoms with Crippen molar-refractivity contribution in [2.24, 2.45) is 5.92 Å². The van der Waals surface area contributed by atoms with E-state index >= 15 is 0 Å². The number of ether oxygens (including phenoxy) is 1. The van der Waals surface area contributed by atoms with Crippen molar-refractivity contribution in [3.63, 3.8) is 0 Å². The number of anilines is 1. The van der Waals surface area contributed by atoms with Gasteiger partial charge in [-0.15, -0.1) is 0 Å². The van der Waals surface area contributed by atoms with Crippen LogP contribution in [0.15, 0.2) is 48.5 Å². The Balaban J connectivity index is 1.88. The number of rotatable bonds is 5. The molecule has 1 saturated carbocycles. The van der Waals surface area contributed by atoms with Crippen molar-refractivity contribution in [1.82, 2.24) is 0 Å². The van der Waals surface area contributed by atoms with Crippen LogP contribution in [0.4, 0.5) is 18.9 Å². The summed E-state index contributed by atoms with van der Waals surface area (Å²) < 4.78 is 45.0. The van der Waals surface area contributed by atoms with E-state index < -0.39 is 35.4 Å². The van der Waals surface area contributed by atoms with E-state index in [-0.39, 0.29) is 10.9 Å². The van der Waals surface area contributed by atoms with Gasteiger partial charge in [0.15, 0.2) is 0 Å². The van der Waals surface area contributed by atoms with Crippen LogP contribution >= 0.6 is 11.6 Å². The molecule has 0 bridgehead atoms. The molecule has 1 unspecified atom stereocenters. The highest BCUT2D eigenvalue weighted by Gasteiger charge is 2.37. The Bertz CT molecular complexity index is 851. The van der Waals surface area contributed by atoms with Crippen molar-refractivity contribution in [3.8, 4) is 0 Å². The van der Waals surface area contributed by atoms with Gasteiger partial charge in [0.1, 0.15) is 0 Å². The number of esters is 1. The summed E-state index contributed by atoms with van der Waals surface area (Å²) in [5.74, 6) is -1.67. The van der Waals surface area contributed by atoms with Gasteiger partial charge in [0, 0.05) is 10.6 Å². The topological polar surface area (TPSA) is 55.4 Å². The van der Waals surface area contributed by atoms with Gasteiger partial charge >= 0.3 is 12.1 Å². The van der Waals surface area contributed by atoms with E-state index in [9.17, 15) is 22.8 Å². The molecule has 8 heteroatoms.